The Morgan fingerprint density at radius 2 is 2.22 bits per heavy atom. The van der Waals surface area contributed by atoms with Gasteiger partial charge in [-0.3, -0.25) is 0 Å². The molecule has 3 heteroatoms. The van der Waals surface area contributed by atoms with E-state index < -0.39 is 0 Å². The van der Waals surface area contributed by atoms with E-state index in [0.717, 1.165) is 25.9 Å². The second kappa shape index (κ2) is 6.23. The van der Waals surface area contributed by atoms with Crippen molar-refractivity contribution in [3.8, 4) is 6.07 Å². The van der Waals surface area contributed by atoms with Gasteiger partial charge in [0, 0.05) is 23.6 Å². The molecular formula is C15H19N3. The lowest BCUT2D eigenvalue weighted by Gasteiger charge is -2.07. The maximum absolute atomic E-state index is 8.86. The van der Waals surface area contributed by atoms with E-state index in [1.807, 2.05) is 6.07 Å². The molecule has 2 rings (SSSR count). The van der Waals surface area contributed by atoms with Crippen molar-refractivity contribution in [1.29, 1.82) is 5.26 Å². The summed E-state index contributed by atoms with van der Waals surface area (Å²) < 4.78 is 0. The Balaban J connectivity index is 1.86. The van der Waals surface area contributed by atoms with Crippen LogP contribution in [0.3, 0.4) is 0 Å². The average Bonchev–Trinajstić information content (AvgIpc) is 2.82. The molecule has 94 valence electrons. The molecule has 0 aliphatic heterocycles. The second-order valence-corrected chi connectivity index (χ2v) is 4.55. The molecule has 0 fully saturated rings. The zero-order valence-electron chi connectivity index (χ0n) is 10.7. The molecule has 1 atom stereocenters. The SMILES string of the molecule is CCC(C#N)CNCCc1c[nH]c2ccccc12. The lowest BCUT2D eigenvalue weighted by molar-refractivity contribution is 0.555. The van der Waals surface area contributed by atoms with Crippen molar-refractivity contribution < 1.29 is 0 Å². The molecule has 1 aromatic heterocycles. The number of fused-ring (bicyclic) bond motifs is 1. The first-order valence-corrected chi connectivity index (χ1v) is 6.50. The minimum Gasteiger partial charge on any atom is -0.361 e. The fraction of sp³-hybridized carbons (Fsp3) is 0.400. The highest BCUT2D eigenvalue weighted by molar-refractivity contribution is 5.83. The quantitative estimate of drug-likeness (QED) is 0.764. The van der Waals surface area contributed by atoms with E-state index >= 15 is 0 Å². The molecular weight excluding hydrogens is 222 g/mol. The Morgan fingerprint density at radius 1 is 1.39 bits per heavy atom. The van der Waals surface area contributed by atoms with E-state index in [9.17, 15) is 0 Å². The number of nitrogens with one attached hydrogen (secondary N) is 2. The molecule has 0 radical (unpaired) electrons. The Morgan fingerprint density at radius 3 is 3.00 bits per heavy atom. The van der Waals surface area contributed by atoms with Crippen molar-refractivity contribution in [2.24, 2.45) is 5.92 Å². The van der Waals surface area contributed by atoms with Gasteiger partial charge in [0.1, 0.15) is 0 Å². The van der Waals surface area contributed by atoms with Gasteiger partial charge in [-0.15, -0.1) is 0 Å². The summed E-state index contributed by atoms with van der Waals surface area (Å²) in [5.74, 6) is 0.132. The predicted octanol–water partition coefficient (Wildman–Crippen LogP) is 2.85. The number of aromatic nitrogens is 1. The van der Waals surface area contributed by atoms with Gasteiger partial charge in [0.05, 0.1) is 12.0 Å². The monoisotopic (exact) mass is 241 g/mol. The molecule has 3 nitrogen and oxygen atoms in total. The first-order chi connectivity index (χ1) is 8.85. The van der Waals surface area contributed by atoms with E-state index in [4.69, 9.17) is 5.26 Å². The summed E-state index contributed by atoms with van der Waals surface area (Å²) in [6.45, 7) is 3.75. The standard InChI is InChI=1S/C15H19N3/c1-2-12(9-16)10-17-8-7-13-11-18-15-6-4-3-5-14(13)15/h3-6,11-12,17-18H,2,7-8,10H2,1H3. The Labute approximate surface area is 108 Å². The first kappa shape index (κ1) is 12.7. The fourth-order valence-corrected chi connectivity index (χ4v) is 2.12. The molecule has 0 spiro atoms. The van der Waals surface area contributed by atoms with Gasteiger partial charge < -0.3 is 10.3 Å². The third-order valence-corrected chi connectivity index (χ3v) is 3.31. The predicted molar refractivity (Wildman–Crippen MR) is 74.3 cm³/mol. The molecule has 2 aromatic rings. The van der Waals surface area contributed by atoms with Crippen LogP contribution in [0.1, 0.15) is 18.9 Å². The maximum atomic E-state index is 8.86. The summed E-state index contributed by atoms with van der Waals surface area (Å²) in [5, 5.41) is 13.5. The highest BCUT2D eigenvalue weighted by Crippen LogP contribution is 2.17. The van der Waals surface area contributed by atoms with Gasteiger partial charge >= 0.3 is 0 Å². The summed E-state index contributed by atoms with van der Waals surface area (Å²) in [4.78, 5) is 3.28. The van der Waals surface area contributed by atoms with Gasteiger partial charge in [0.2, 0.25) is 0 Å². The van der Waals surface area contributed by atoms with E-state index in [0.29, 0.717) is 0 Å². The highest BCUT2D eigenvalue weighted by atomic mass is 14.9. The van der Waals surface area contributed by atoms with Gasteiger partial charge in [0.25, 0.3) is 0 Å². The Bertz CT molecular complexity index is 536. The minimum atomic E-state index is 0.132. The van der Waals surface area contributed by atoms with Gasteiger partial charge in [-0.05, 0) is 31.0 Å². The topological polar surface area (TPSA) is 51.6 Å². The van der Waals surface area contributed by atoms with Gasteiger partial charge in [-0.25, -0.2) is 0 Å². The zero-order chi connectivity index (χ0) is 12.8. The smallest absolute Gasteiger partial charge is 0.0669 e. The number of nitriles is 1. The molecule has 0 bridgehead atoms. The normalized spacial score (nSPS) is 12.4. The number of rotatable bonds is 6. The van der Waals surface area contributed by atoms with E-state index in [1.54, 1.807) is 0 Å². The summed E-state index contributed by atoms with van der Waals surface area (Å²) in [6.07, 6.45) is 3.98. The number of hydrogen-bond donors (Lipinski definition) is 2. The lowest BCUT2D eigenvalue weighted by Crippen LogP contribution is -2.23. The van der Waals surface area contributed by atoms with E-state index in [1.165, 1.54) is 16.5 Å². The second-order valence-electron chi connectivity index (χ2n) is 4.55. The minimum absolute atomic E-state index is 0.132. The van der Waals surface area contributed by atoms with Crippen LogP contribution >= 0.6 is 0 Å². The van der Waals surface area contributed by atoms with Gasteiger partial charge in [-0.2, -0.15) is 5.26 Å². The first-order valence-electron chi connectivity index (χ1n) is 6.50. The van der Waals surface area contributed by atoms with Crippen molar-refractivity contribution in [3.05, 3.63) is 36.0 Å². The van der Waals surface area contributed by atoms with Crippen LogP contribution in [0.25, 0.3) is 10.9 Å². The third-order valence-electron chi connectivity index (χ3n) is 3.31. The average molecular weight is 241 g/mol. The lowest BCUT2D eigenvalue weighted by atomic mass is 10.1. The van der Waals surface area contributed by atoms with Crippen LogP contribution in [0.4, 0.5) is 0 Å². The number of hydrogen-bond acceptors (Lipinski definition) is 2. The maximum Gasteiger partial charge on any atom is 0.0669 e. The molecule has 1 unspecified atom stereocenters. The summed E-state index contributed by atoms with van der Waals surface area (Å²) in [5.41, 5.74) is 2.53. The number of para-hydroxylation sites is 1. The van der Waals surface area contributed by atoms with Crippen LogP contribution in [0.15, 0.2) is 30.5 Å². The molecule has 2 N–H and O–H groups in total. The van der Waals surface area contributed by atoms with Crippen molar-refractivity contribution in [2.75, 3.05) is 13.1 Å². The van der Waals surface area contributed by atoms with Crippen molar-refractivity contribution in [1.82, 2.24) is 10.3 Å². The molecule has 0 aliphatic carbocycles. The van der Waals surface area contributed by atoms with Crippen LogP contribution in [-0.4, -0.2) is 18.1 Å². The van der Waals surface area contributed by atoms with Crippen molar-refractivity contribution in [2.45, 2.75) is 19.8 Å². The van der Waals surface area contributed by atoms with Crippen LogP contribution in [0, 0.1) is 17.2 Å². The number of H-pyrrole nitrogens is 1. The fourth-order valence-electron chi connectivity index (χ4n) is 2.12. The number of nitrogens with zero attached hydrogens (tertiary/aromatic N) is 1. The van der Waals surface area contributed by atoms with E-state index in [-0.39, 0.29) is 5.92 Å². The van der Waals surface area contributed by atoms with Crippen LogP contribution in [0.2, 0.25) is 0 Å². The van der Waals surface area contributed by atoms with Crippen LogP contribution in [0.5, 0.6) is 0 Å². The van der Waals surface area contributed by atoms with Gasteiger partial charge in [-0.1, -0.05) is 25.1 Å². The van der Waals surface area contributed by atoms with Crippen LogP contribution < -0.4 is 5.32 Å². The van der Waals surface area contributed by atoms with Crippen LogP contribution in [-0.2, 0) is 6.42 Å². The highest BCUT2D eigenvalue weighted by Gasteiger charge is 2.04. The Hall–Kier alpha value is -1.79. The number of aromatic amines is 1. The number of benzene rings is 1. The summed E-state index contributed by atoms with van der Waals surface area (Å²) in [7, 11) is 0. The third kappa shape index (κ3) is 2.91. The van der Waals surface area contributed by atoms with Crippen molar-refractivity contribution in [3.63, 3.8) is 0 Å². The van der Waals surface area contributed by atoms with Crippen molar-refractivity contribution >= 4 is 10.9 Å². The van der Waals surface area contributed by atoms with E-state index in [2.05, 4.69) is 47.7 Å². The largest absolute Gasteiger partial charge is 0.361 e. The molecule has 0 aliphatic rings. The summed E-state index contributed by atoms with van der Waals surface area (Å²) >= 11 is 0. The molecule has 1 heterocycles. The molecule has 0 saturated heterocycles. The molecule has 18 heavy (non-hydrogen) atoms. The summed E-state index contributed by atoms with van der Waals surface area (Å²) in [6, 6.07) is 10.6. The Kier molecular flexibility index (Phi) is 4.38. The zero-order valence-corrected chi connectivity index (χ0v) is 10.7. The molecule has 0 amide bonds. The van der Waals surface area contributed by atoms with Gasteiger partial charge in [0.15, 0.2) is 0 Å². The molecule has 0 saturated carbocycles. The molecule has 1 aromatic carbocycles.